The molecule has 8 heteroatoms. The lowest BCUT2D eigenvalue weighted by molar-refractivity contribution is -0.133. The van der Waals surface area contributed by atoms with E-state index in [9.17, 15) is 9.59 Å². The molecule has 3 rings (SSSR count). The fraction of sp³-hybridized carbons (Fsp3) is 0.250. The molecule has 0 unspecified atom stereocenters. The van der Waals surface area contributed by atoms with Gasteiger partial charge in [0.1, 0.15) is 22.1 Å². The Hall–Kier alpha value is -3.13. The molecule has 0 saturated carbocycles. The fourth-order valence-corrected chi connectivity index (χ4v) is 3.66. The summed E-state index contributed by atoms with van der Waals surface area (Å²) in [5.74, 6) is -0.378. The molecule has 0 aliphatic carbocycles. The highest BCUT2D eigenvalue weighted by Crippen LogP contribution is 2.29. The smallest absolute Gasteiger partial charge is 0.346 e. The third-order valence-corrected chi connectivity index (χ3v) is 5.12. The van der Waals surface area contributed by atoms with E-state index < -0.39 is 5.97 Å². The van der Waals surface area contributed by atoms with Crippen LogP contribution in [0, 0.1) is 0 Å². The second-order valence-corrected chi connectivity index (χ2v) is 7.05. The van der Waals surface area contributed by atoms with Crippen molar-refractivity contribution in [1.82, 2.24) is 9.88 Å². The normalized spacial score (nSPS) is 10.5. The number of carbonyl (C=O) groups excluding carboxylic acids is 2. The van der Waals surface area contributed by atoms with Crippen molar-refractivity contribution in [3.63, 3.8) is 0 Å². The number of hydrogen-bond acceptors (Lipinski definition) is 7. The first-order valence-electron chi connectivity index (χ1n) is 8.50. The highest BCUT2D eigenvalue weighted by atomic mass is 32.1. The molecule has 1 aromatic heterocycles. The lowest BCUT2D eigenvalue weighted by Crippen LogP contribution is -2.30. The second-order valence-electron chi connectivity index (χ2n) is 5.94. The molecule has 1 heterocycles. The average molecular weight is 400 g/mol. The lowest BCUT2D eigenvalue weighted by Gasteiger charge is -2.16. The van der Waals surface area contributed by atoms with Crippen molar-refractivity contribution in [2.24, 2.45) is 0 Å². The Bertz CT molecular complexity index is 946. The minimum atomic E-state index is -0.684. The Morgan fingerprint density at radius 2 is 1.71 bits per heavy atom. The standard InChI is InChI=1S/C20H20N2O5S/c1-22(11-17-21-13-7-4-5-10-16(13)28-17)18(23)12-27-20(24)19-14(25-2)8-6-9-15(19)26-3/h4-10H,11-12H2,1-3H3. The molecule has 3 aromatic rings. The molecule has 0 aliphatic heterocycles. The van der Waals surface area contributed by atoms with E-state index >= 15 is 0 Å². The van der Waals surface area contributed by atoms with Gasteiger partial charge in [0.15, 0.2) is 6.61 Å². The van der Waals surface area contributed by atoms with Crippen LogP contribution in [0.15, 0.2) is 42.5 Å². The summed E-state index contributed by atoms with van der Waals surface area (Å²) in [4.78, 5) is 30.8. The average Bonchev–Trinajstić information content (AvgIpc) is 3.13. The molecule has 2 aromatic carbocycles. The van der Waals surface area contributed by atoms with E-state index in [4.69, 9.17) is 14.2 Å². The second kappa shape index (κ2) is 8.71. The number of para-hydroxylation sites is 1. The Morgan fingerprint density at radius 3 is 2.36 bits per heavy atom. The number of esters is 1. The fourth-order valence-electron chi connectivity index (χ4n) is 2.64. The van der Waals surface area contributed by atoms with Crippen molar-refractivity contribution in [3.05, 3.63) is 53.0 Å². The zero-order valence-corrected chi connectivity index (χ0v) is 16.6. The van der Waals surface area contributed by atoms with Crippen molar-refractivity contribution in [3.8, 4) is 11.5 Å². The Labute approximate surface area is 166 Å². The zero-order valence-electron chi connectivity index (χ0n) is 15.8. The van der Waals surface area contributed by atoms with Crippen molar-refractivity contribution >= 4 is 33.4 Å². The minimum absolute atomic E-state index is 0.147. The van der Waals surface area contributed by atoms with Gasteiger partial charge >= 0.3 is 5.97 Å². The van der Waals surface area contributed by atoms with E-state index in [0.29, 0.717) is 18.0 Å². The molecule has 0 aliphatic rings. The molecule has 0 bridgehead atoms. The van der Waals surface area contributed by atoms with E-state index in [0.717, 1.165) is 15.2 Å². The van der Waals surface area contributed by atoms with Gasteiger partial charge in [-0.2, -0.15) is 0 Å². The highest BCUT2D eigenvalue weighted by molar-refractivity contribution is 7.18. The summed E-state index contributed by atoms with van der Waals surface area (Å²) >= 11 is 1.53. The van der Waals surface area contributed by atoms with Crippen LogP contribution in [0.3, 0.4) is 0 Å². The first-order chi connectivity index (χ1) is 13.5. The topological polar surface area (TPSA) is 78.0 Å². The molecule has 0 spiro atoms. The van der Waals surface area contributed by atoms with E-state index in [2.05, 4.69) is 4.98 Å². The first-order valence-corrected chi connectivity index (χ1v) is 9.31. The van der Waals surface area contributed by atoms with E-state index in [1.807, 2.05) is 24.3 Å². The molecular formula is C20H20N2O5S. The maximum Gasteiger partial charge on any atom is 0.346 e. The maximum atomic E-state index is 12.4. The molecule has 0 atom stereocenters. The molecule has 7 nitrogen and oxygen atoms in total. The van der Waals surface area contributed by atoms with Crippen LogP contribution in [-0.2, 0) is 16.1 Å². The highest BCUT2D eigenvalue weighted by Gasteiger charge is 2.21. The van der Waals surface area contributed by atoms with Crippen molar-refractivity contribution in [2.45, 2.75) is 6.54 Å². The molecular weight excluding hydrogens is 380 g/mol. The number of thiazole rings is 1. The molecule has 0 N–H and O–H groups in total. The number of amides is 1. The molecule has 146 valence electrons. The van der Waals surface area contributed by atoms with Gasteiger partial charge in [0.25, 0.3) is 5.91 Å². The Kier molecular flexibility index (Phi) is 6.10. The van der Waals surface area contributed by atoms with Gasteiger partial charge in [-0.25, -0.2) is 9.78 Å². The van der Waals surface area contributed by atoms with Crippen molar-refractivity contribution in [1.29, 1.82) is 0 Å². The number of fused-ring (bicyclic) bond motifs is 1. The van der Waals surface area contributed by atoms with Crippen LogP contribution in [0.25, 0.3) is 10.2 Å². The summed E-state index contributed by atoms with van der Waals surface area (Å²) in [6.45, 7) is -0.0465. The van der Waals surface area contributed by atoms with Crippen LogP contribution >= 0.6 is 11.3 Å². The molecule has 28 heavy (non-hydrogen) atoms. The largest absolute Gasteiger partial charge is 0.496 e. The monoisotopic (exact) mass is 400 g/mol. The third kappa shape index (κ3) is 4.23. The van der Waals surface area contributed by atoms with Crippen molar-refractivity contribution < 1.29 is 23.8 Å². The predicted molar refractivity (Wildman–Crippen MR) is 106 cm³/mol. The van der Waals surface area contributed by atoms with Crippen LogP contribution in [0.2, 0.25) is 0 Å². The number of methoxy groups -OCH3 is 2. The van der Waals surface area contributed by atoms with E-state index in [1.54, 1.807) is 25.2 Å². The number of likely N-dealkylation sites (N-methyl/N-ethyl adjacent to an activating group) is 1. The summed E-state index contributed by atoms with van der Waals surface area (Å²) in [6.07, 6.45) is 0. The molecule has 1 amide bonds. The van der Waals surface area contributed by atoms with Crippen molar-refractivity contribution in [2.75, 3.05) is 27.9 Å². The van der Waals surface area contributed by atoms with E-state index in [-0.39, 0.29) is 18.1 Å². The Balaban J connectivity index is 1.62. The zero-order chi connectivity index (χ0) is 20.1. The number of nitrogens with zero attached hydrogens (tertiary/aromatic N) is 2. The van der Waals surface area contributed by atoms with Gasteiger partial charge in [-0.15, -0.1) is 11.3 Å². The summed E-state index contributed by atoms with van der Waals surface area (Å²) < 4.78 is 16.6. The van der Waals surface area contributed by atoms with Gasteiger partial charge in [0, 0.05) is 7.05 Å². The summed E-state index contributed by atoms with van der Waals surface area (Å²) in [5.41, 5.74) is 1.05. The third-order valence-electron chi connectivity index (χ3n) is 4.10. The molecule has 0 fully saturated rings. The molecule has 0 radical (unpaired) electrons. The lowest BCUT2D eigenvalue weighted by atomic mass is 10.2. The van der Waals surface area contributed by atoms with Gasteiger partial charge in [0.2, 0.25) is 0 Å². The maximum absolute atomic E-state index is 12.4. The van der Waals surface area contributed by atoms with Gasteiger partial charge < -0.3 is 19.1 Å². The summed E-state index contributed by atoms with van der Waals surface area (Å²) in [6, 6.07) is 12.7. The number of carbonyl (C=O) groups is 2. The SMILES string of the molecule is COc1cccc(OC)c1C(=O)OCC(=O)N(C)Cc1nc2ccccc2s1. The predicted octanol–water partition coefficient (Wildman–Crippen LogP) is 3.13. The quantitative estimate of drug-likeness (QED) is 0.567. The van der Waals surface area contributed by atoms with Crippen LogP contribution in [0.1, 0.15) is 15.4 Å². The minimum Gasteiger partial charge on any atom is -0.496 e. The Morgan fingerprint density at radius 1 is 1.04 bits per heavy atom. The number of hydrogen-bond donors (Lipinski definition) is 0. The van der Waals surface area contributed by atoms with Gasteiger partial charge in [-0.05, 0) is 24.3 Å². The first kappa shape index (κ1) is 19.6. The number of rotatable bonds is 7. The number of benzene rings is 2. The van der Waals surface area contributed by atoms with E-state index in [1.165, 1.54) is 30.5 Å². The van der Waals surface area contributed by atoms with Gasteiger partial charge in [-0.1, -0.05) is 18.2 Å². The number of aromatic nitrogens is 1. The molecule has 0 saturated heterocycles. The summed E-state index contributed by atoms with van der Waals surface area (Å²) in [7, 11) is 4.54. The summed E-state index contributed by atoms with van der Waals surface area (Å²) in [5, 5.41) is 0.815. The van der Waals surface area contributed by atoms with Crippen LogP contribution in [0.5, 0.6) is 11.5 Å². The van der Waals surface area contributed by atoms with Gasteiger partial charge in [0.05, 0.1) is 31.0 Å². The van der Waals surface area contributed by atoms with Crippen LogP contribution in [-0.4, -0.2) is 49.6 Å². The van der Waals surface area contributed by atoms with Gasteiger partial charge in [-0.3, -0.25) is 4.79 Å². The number of ether oxygens (including phenoxy) is 3. The van der Waals surface area contributed by atoms with Crippen LogP contribution < -0.4 is 9.47 Å². The van der Waals surface area contributed by atoms with Crippen LogP contribution in [0.4, 0.5) is 0 Å².